The van der Waals surface area contributed by atoms with Crippen molar-refractivity contribution in [2.24, 2.45) is 0 Å². The Kier molecular flexibility index (Phi) is 10.1. The largest absolute Gasteiger partial charge is 0.0622 e. The minimum absolute atomic E-state index is 1.17. The molecule has 10 rings (SSSR count). The molecule has 0 aliphatic carbocycles. The lowest BCUT2D eigenvalue weighted by Crippen LogP contribution is -1.90. The topological polar surface area (TPSA) is 0 Å². The Morgan fingerprint density at radius 1 is 0.100 bits per heavy atom. The molecule has 10 aromatic rings. The van der Waals surface area contributed by atoms with Gasteiger partial charge in [0.1, 0.15) is 0 Å². The van der Waals surface area contributed by atoms with Crippen LogP contribution >= 0.6 is 0 Å². The van der Waals surface area contributed by atoms with Crippen molar-refractivity contribution in [3.63, 3.8) is 0 Å². The lowest BCUT2D eigenvalue weighted by Gasteiger charge is -2.16. The van der Waals surface area contributed by atoms with E-state index in [2.05, 4.69) is 255 Å². The van der Waals surface area contributed by atoms with E-state index in [1.165, 1.54) is 100 Å². The fraction of sp³-hybridized carbons (Fsp3) is 0. The lowest BCUT2D eigenvalue weighted by molar-refractivity contribution is 1.53. The molecule has 0 saturated carbocycles. The molecule has 0 atom stereocenters. The third kappa shape index (κ3) is 7.88. The van der Waals surface area contributed by atoms with Gasteiger partial charge in [0.15, 0.2) is 0 Å². The highest BCUT2D eigenvalue weighted by atomic mass is 14.2. The highest BCUT2D eigenvalue weighted by molar-refractivity contribution is 5.88. The second kappa shape index (κ2) is 16.6. The molecule has 0 bridgehead atoms. The molecular formula is C60H42. The molecule has 0 heteroatoms. The Labute approximate surface area is 353 Å². The van der Waals surface area contributed by atoms with Crippen LogP contribution in [0.25, 0.3) is 100 Å². The molecule has 0 heterocycles. The SMILES string of the molecule is c1ccc(-c2cccc(-c3cc(-c4cccc(-c5ccccc5)c4)cc(-c4cc(-c5cccc(-c6ccccc6)c5)cc(-c5cccc(-c6ccccc6)c5)c4)c3)c2)cc1. The normalized spacial score (nSPS) is 11.0. The molecule has 0 aliphatic heterocycles. The Morgan fingerprint density at radius 2 is 0.233 bits per heavy atom. The fourth-order valence-electron chi connectivity index (χ4n) is 8.29. The van der Waals surface area contributed by atoms with Crippen molar-refractivity contribution in [3.8, 4) is 100 Å². The summed E-state index contributed by atoms with van der Waals surface area (Å²) >= 11 is 0. The Balaban J connectivity index is 1.17. The number of hydrogen-bond acceptors (Lipinski definition) is 0. The summed E-state index contributed by atoms with van der Waals surface area (Å²) in [5.74, 6) is 0. The molecule has 0 nitrogen and oxygen atoms in total. The zero-order valence-corrected chi connectivity index (χ0v) is 33.2. The van der Waals surface area contributed by atoms with Crippen LogP contribution in [0.5, 0.6) is 0 Å². The van der Waals surface area contributed by atoms with Gasteiger partial charge in [-0.2, -0.15) is 0 Å². The van der Waals surface area contributed by atoms with Crippen LogP contribution in [-0.2, 0) is 0 Å². The molecule has 60 heavy (non-hydrogen) atoms. The average molecular weight is 763 g/mol. The van der Waals surface area contributed by atoms with Gasteiger partial charge in [-0.25, -0.2) is 0 Å². The Bertz CT molecular complexity index is 2640. The summed E-state index contributed by atoms with van der Waals surface area (Å²) in [5.41, 5.74) is 21.4. The minimum Gasteiger partial charge on any atom is -0.0622 e. The summed E-state index contributed by atoms with van der Waals surface area (Å²) in [5, 5.41) is 0. The van der Waals surface area contributed by atoms with E-state index in [4.69, 9.17) is 0 Å². The number of hydrogen-bond donors (Lipinski definition) is 0. The van der Waals surface area contributed by atoms with Gasteiger partial charge in [0.2, 0.25) is 0 Å². The van der Waals surface area contributed by atoms with E-state index < -0.39 is 0 Å². The van der Waals surface area contributed by atoms with Gasteiger partial charge < -0.3 is 0 Å². The highest BCUT2D eigenvalue weighted by Crippen LogP contribution is 2.40. The molecule has 0 aromatic heterocycles. The van der Waals surface area contributed by atoms with E-state index in [9.17, 15) is 0 Å². The Hall–Kier alpha value is -7.80. The first-order valence-corrected chi connectivity index (χ1v) is 20.6. The second-order valence-electron chi connectivity index (χ2n) is 15.4. The minimum atomic E-state index is 1.17. The van der Waals surface area contributed by atoms with E-state index in [0.717, 1.165) is 0 Å². The lowest BCUT2D eigenvalue weighted by atomic mass is 9.88. The summed E-state index contributed by atoms with van der Waals surface area (Å²) in [7, 11) is 0. The molecular weight excluding hydrogens is 721 g/mol. The summed E-state index contributed by atoms with van der Waals surface area (Å²) in [6.07, 6.45) is 0. The van der Waals surface area contributed by atoms with Crippen LogP contribution in [0.1, 0.15) is 0 Å². The molecule has 0 fully saturated rings. The first-order chi connectivity index (χ1) is 29.7. The standard InChI is InChI=1S/C60H42/c1-5-17-43(18-6-1)47-25-13-29-51(33-47)55-37-56(52-30-14-26-48(34-52)44-19-7-2-8-20-44)40-59(39-55)60-41-57(53-31-15-27-49(35-53)45-21-9-3-10-22-45)38-58(42-60)54-32-16-28-50(36-54)46-23-11-4-12-24-46/h1-42H. The van der Waals surface area contributed by atoms with Crippen molar-refractivity contribution >= 4 is 0 Å². The molecule has 0 aliphatic rings. The molecule has 10 aromatic carbocycles. The third-order valence-corrected chi connectivity index (χ3v) is 11.4. The number of rotatable bonds is 9. The van der Waals surface area contributed by atoms with Gasteiger partial charge in [-0.1, -0.05) is 194 Å². The highest BCUT2D eigenvalue weighted by Gasteiger charge is 2.14. The van der Waals surface area contributed by atoms with Crippen molar-refractivity contribution in [1.82, 2.24) is 0 Å². The molecule has 0 spiro atoms. The maximum Gasteiger partial charge on any atom is -0.0171 e. The van der Waals surface area contributed by atoms with Gasteiger partial charge in [0.05, 0.1) is 0 Å². The summed E-state index contributed by atoms with van der Waals surface area (Å²) < 4.78 is 0. The van der Waals surface area contributed by atoms with Crippen LogP contribution in [0.2, 0.25) is 0 Å². The van der Waals surface area contributed by atoms with Crippen LogP contribution in [0.4, 0.5) is 0 Å². The monoisotopic (exact) mass is 762 g/mol. The smallest absolute Gasteiger partial charge is 0.0171 e. The molecule has 0 amide bonds. The average Bonchev–Trinajstić information content (AvgIpc) is 3.35. The Morgan fingerprint density at radius 3 is 0.433 bits per heavy atom. The van der Waals surface area contributed by atoms with E-state index in [-0.39, 0.29) is 0 Å². The maximum atomic E-state index is 2.37. The van der Waals surface area contributed by atoms with Crippen LogP contribution in [0.15, 0.2) is 255 Å². The van der Waals surface area contributed by atoms with Gasteiger partial charge in [-0.05, 0) is 161 Å². The van der Waals surface area contributed by atoms with Gasteiger partial charge in [0, 0.05) is 0 Å². The van der Waals surface area contributed by atoms with Gasteiger partial charge >= 0.3 is 0 Å². The molecule has 282 valence electrons. The van der Waals surface area contributed by atoms with E-state index in [1.54, 1.807) is 0 Å². The van der Waals surface area contributed by atoms with E-state index in [1.807, 2.05) is 0 Å². The van der Waals surface area contributed by atoms with Gasteiger partial charge in [-0.15, -0.1) is 0 Å². The fourth-order valence-corrected chi connectivity index (χ4v) is 8.29. The molecule has 0 unspecified atom stereocenters. The van der Waals surface area contributed by atoms with E-state index in [0.29, 0.717) is 0 Å². The third-order valence-electron chi connectivity index (χ3n) is 11.4. The van der Waals surface area contributed by atoms with Crippen molar-refractivity contribution in [2.75, 3.05) is 0 Å². The predicted octanol–water partition coefficient (Wildman–Crippen LogP) is 16.7. The van der Waals surface area contributed by atoms with Crippen LogP contribution in [-0.4, -0.2) is 0 Å². The molecule has 0 N–H and O–H groups in total. The van der Waals surface area contributed by atoms with Crippen LogP contribution < -0.4 is 0 Å². The van der Waals surface area contributed by atoms with Crippen molar-refractivity contribution in [3.05, 3.63) is 255 Å². The van der Waals surface area contributed by atoms with Crippen molar-refractivity contribution in [1.29, 1.82) is 0 Å². The zero-order valence-electron chi connectivity index (χ0n) is 33.2. The predicted molar refractivity (Wildman–Crippen MR) is 255 cm³/mol. The van der Waals surface area contributed by atoms with Crippen molar-refractivity contribution < 1.29 is 0 Å². The van der Waals surface area contributed by atoms with Crippen molar-refractivity contribution in [2.45, 2.75) is 0 Å². The second-order valence-corrected chi connectivity index (χ2v) is 15.4. The van der Waals surface area contributed by atoms with Gasteiger partial charge in [0.25, 0.3) is 0 Å². The van der Waals surface area contributed by atoms with E-state index >= 15 is 0 Å². The summed E-state index contributed by atoms with van der Waals surface area (Å²) in [6, 6.07) is 92.6. The number of benzene rings is 10. The zero-order chi connectivity index (χ0) is 40.1. The van der Waals surface area contributed by atoms with Crippen LogP contribution in [0, 0.1) is 0 Å². The summed E-state index contributed by atoms with van der Waals surface area (Å²) in [6.45, 7) is 0. The van der Waals surface area contributed by atoms with Crippen LogP contribution in [0.3, 0.4) is 0 Å². The molecule has 0 radical (unpaired) electrons. The molecule has 0 saturated heterocycles. The van der Waals surface area contributed by atoms with Gasteiger partial charge in [-0.3, -0.25) is 0 Å². The quantitative estimate of drug-likeness (QED) is 0.137. The first-order valence-electron chi connectivity index (χ1n) is 20.6. The summed E-state index contributed by atoms with van der Waals surface area (Å²) in [4.78, 5) is 0. The maximum absolute atomic E-state index is 2.37. The first kappa shape index (κ1) is 36.5.